The van der Waals surface area contributed by atoms with Gasteiger partial charge in [0.25, 0.3) is 0 Å². The van der Waals surface area contributed by atoms with Crippen LogP contribution in [0.1, 0.15) is 98.8 Å². The molecule has 3 rings (SSSR count). The lowest BCUT2D eigenvalue weighted by atomic mass is 9.64. The molecule has 2 aliphatic carbocycles. The van der Waals surface area contributed by atoms with Crippen molar-refractivity contribution < 1.29 is 0 Å². The molecule has 0 amide bonds. The first-order valence-corrected chi connectivity index (χ1v) is 11.9. The van der Waals surface area contributed by atoms with Gasteiger partial charge in [0, 0.05) is 5.41 Å². The molecule has 0 aromatic heterocycles. The van der Waals surface area contributed by atoms with E-state index in [1.807, 2.05) is 27.7 Å². The van der Waals surface area contributed by atoms with E-state index in [0.717, 1.165) is 6.42 Å². The van der Waals surface area contributed by atoms with Gasteiger partial charge in [-0.1, -0.05) is 128 Å². The van der Waals surface area contributed by atoms with Crippen LogP contribution in [0, 0.1) is 12.3 Å². The van der Waals surface area contributed by atoms with Gasteiger partial charge in [0.1, 0.15) is 0 Å². The minimum absolute atomic E-state index is 0.0710. The first kappa shape index (κ1) is 26.2. The standard InChI is InChI=1S/C26H34.2C2H6/c1-19-10-8-9-11-21(14-12-19)26(17-24(3,4)5)18-25(6,7)22-15-13-20(2)16-23(22)26;2*1-2/h8-16H,17-18H2,1-7H3;2*1-2H3. The van der Waals surface area contributed by atoms with Crippen LogP contribution >= 0.6 is 0 Å². The minimum Gasteiger partial charge on any atom is -0.0683 e. The number of hydrogen-bond acceptors (Lipinski definition) is 0. The summed E-state index contributed by atoms with van der Waals surface area (Å²) >= 11 is 0. The number of aryl methyl sites for hydroxylation is 1. The number of hydrogen-bond donors (Lipinski definition) is 0. The average molecular weight is 407 g/mol. The molecule has 0 N–H and O–H groups in total. The number of fused-ring (bicyclic) bond motifs is 1. The lowest BCUT2D eigenvalue weighted by molar-refractivity contribution is 0.261. The Bertz CT molecular complexity index is 814. The van der Waals surface area contributed by atoms with Crippen LogP contribution in [0.25, 0.3) is 0 Å². The van der Waals surface area contributed by atoms with E-state index in [1.54, 1.807) is 5.56 Å². The molecule has 0 radical (unpaired) electrons. The zero-order valence-corrected chi connectivity index (χ0v) is 21.6. The first-order chi connectivity index (χ1) is 14.0. The van der Waals surface area contributed by atoms with Gasteiger partial charge < -0.3 is 0 Å². The summed E-state index contributed by atoms with van der Waals surface area (Å²) in [6.45, 7) is 24.4. The molecule has 1 atom stereocenters. The highest BCUT2D eigenvalue weighted by molar-refractivity contribution is 5.56. The molecular formula is C30H46. The Labute approximate surface area is 187 Å². The van der Waals surface area contributed by atoms with Crippen LogP contribution in [0.2, 0.25) is 0 Å². The predicted molar refractivity (Wildman–Crippen MR) is 137 cm³/mol. The van der Waals surface area contributed by atoms with Crippen molar-refractivity contribution in [2.75, 3.05) is 0 Å². The molecule has 0 heterocycles. The molecule has 1 aromatic rings. The van der Waals surface area contributed by atoms with Crippen LogP contribution in [0.3, 0.4) is 0 Å². The van der Waals surface area contributed by atoms with E-state index in [-0.39, 0.29) is 16.2 Å². The maximum Gasteiger partial charge on any atom is 0.0219 e. The summed E-state index contributed by atoms with van der Waals surface area (Å²) in [5.74, 6) is 0. The normalized spacial score (nSPS) is 21.7. The second-order valence-electron chi connectivity index (χ2n) is 10.2. The molecule has 1 aromatic carbocycles. The molecule has 2 aliphatic rings. The molecule has 0 heteroatoms. The van der Waals surface area contributed by atoms with Gasteiger partial charge in [-0.2, -0.15) is 0 Å². The third-order valence-corrected chi connectivity index (χ3v) is 5.82. The van der Waals surface area contributed by atoms with Crippen LogP contribution in [-0.4, -0.2) is 0 Å². The van der Waals surface area contributed by atoms with Crippen LogP contribution in [0.5, 0.6) is 0 Å². The smallest absolute Gasteiger partial charge is 0.0219 e. The van der Waals surface area contributed by atoms with Gasteiger partial charge in [-0.15, -0.1) is 0 Å². The number of allylic oxidation sites excluding steroid dienone is 8. The molecule has 0 fully saturated rings. The maximum atomic E-state index is 2.45. The zero-order valence-electron chi connectivity index (χ0n) is 21.6. The van der Waals surface area contributed by atoms with Gasteiger partial charge >= 0.3 is 0 Å². The molecule has 0 aliphatic heterocycles. The van der Waals surface area contributed by atoms with Crippen molar-refractivity contribution >= 4 is 0 Å². The highest BCUT2D eigenvalue weighted by Crippen LogP contribution is 2.57. The lowest BCUT2D eigenvalue weighted by Crippen LogP contribution is -2.32. The molecule has 0 saturated carbocycles. The highest BCUT2D eigenvalue weighted by atomic mass is 14.5. The van der Waals surface area contributed by atoms with E-state index < -0.39 is 0 Å². The van der Waals surface area contributed by atoms with E-state index in [9.17, 15) is 0 Å². The van der Waals surface area contributed by atoms with Crippen molar-refractivity contribution in [3.63, 3.8) is 0 Å². The highest BCUT2D eigenvalue weighted by Gasteiger charge is 2.50. The van der Waals surface area contributed by atoms with Crippen molar-refractivity contribution in [2.24, 2.45) is 5.41 Å². The van der Waals surface area contributed by atoms with Crippen molar-refractivity contribution in [3.05, 3.63) is 82.5 Å². The Kier molecular flexibility index (Phi) is 9.15. The summed E-state index contributed by atoms with van der Waals surface area (Å²) in [4.78, 5) is 0. The lowest BCUT2D eigenvalue weighted by Gasteiger charge is -2.39. The molecule has 0 bridgehead atoms. The SMILES string of the molecule is CC.CC.CC1=CC=C(C2(CC(C)(C)C)CC(C)(C)c3ccc(C)cc32)C=CC=C1. The van der Waals surface area contributed by atoms with Crippen molar-refractivity contribution in [3.8, 4) is 0 Å². The summed E-state index contributed by atoms with van der Waals surface area (Å²) in [7, 11) is 0. The quantitative estimate of drug-likeness (QED) is 0.459. The molecule has 0 saturated heterocycles. The van der Waals surface area contributed by atoms with Crippen LogP contribution in [0.15, 0.2) is 65.8 Å². The summed E-state index contributed by atoms with van der Waals surface area (Å²) in [6.07, 6.45) is 15.9. The molecule has 30 heavy (non-hydrogen) atoms. The van der Waals surface area contributed by atoms with Gasteiger partial charge in [-0.3, -0.25) is 0 Å². The zero-order chi connectivity index (χ0) is 23.2. The average Bonchev–Trinajstić information content (AvgIpc) is 2.87. The number of rotatable bonds is 2. The van der Waals surface area contributed by atoms with Gasteiger partial charge in [0.15, 0.2) is 0 Å². The Morgan fingerprint density at radius 2 is 1.43 bits per heavy atom. The summed E-state index contributed by atoms with van der Waals surface area (Å²) in [6, 6.07) is 7.11. The Hall–Kier alpha value is -1.82. The fourth-order valence-corrected chi connectivity index (χ4v) is 5.03. The van der Waals surface area contributed by atoms with Crippen LogP contribution < -0.4 is 0 Å². The Morgan fingerprint density at radius 3 is 2.03 bits per heavy atom. The Balaban J connectivity index is 0.00000106. The fraction of sp³-hybridized carbons (Fsp3) is 0.533. The molecule has 0 nitrogen and oxygen atoms in total. The maximum absolute atomic E-state index is 2.45. The minimum atomic E-state index is 0.0710. The van der Waals surface area contributed by atoms with Gasteiger partial charge in [-0.05, 0) is 54.2 Å². The monoisotopic (exact) mass is 406 g/mol. The largest absolute Gasteiger partial charge is 0.0683 e. The summed E-state index contributed by atoms with van der Waals surface area (Å²) < 4.78 is 0. The van der Waals surface area contributed by atoms with Gasteiger partial charge in [-0.25, -0.2) is 0 Å². The van der Waals surface area contributed by atoms with E-state index in [2.05, 4.69) is 103 Å². The Morgan fingerprint density at radius 1 is 0.833 bits per heavy atom. The van der Waals surface area contributed by atoms with E-state index in [0.29, 0.717) is 0 Å². The van der Waals surface area contributed by atoms with Crippen LogP contribution in [-0.2, 0) is 10.8 Å². The van der Waals surface area contributed by atoms with E-state index in [1.165, 1.54) is 28.7 Å². The number of benzene rings is 1. The van der Waals surface area contributed by atoms with Gasteiger partial charge in [0.2, 0.25) is 0 Å². The first-order valence-electron chi connectivity index (χ1n) is 11.9. The van der Waals surface area contributed by atoms with Gasteiger partial charge in [0.05, 0.1) is 0 Å². The molecular weight excluding hydrogens is 360 g/mol. The second kappa shape index (κ2) is 10.5. The molecule has 1 unspecified atom stereocenters. The third-order valence-electron chi connectivity index (χ3n) is 5.82. The van der Waals surface area contributed by atoms with Crippen molar-refractivity contribution in [1.29, 1.82) is 0 Å². The molecule has 166 valence electrons. The summed E-state index contributed by atoms with van der Waals surface area (Å²) in [5.41, 5.74) is 7.72. The van der Waals surface area contributed by atoms with Crippen molar-refractivity contribution in [2.45, 2.75) is 99.8 Å². The molecule has 0 spiro atoms. The predicted octanol–water partition coefficient (Wildman–Crippen LogP) is 9.40. The topological polar surface area (TPSA) is 0 Å². The summed E-state index contributed by atoms with van der Waals surface area (Å²) in [5, 5.41) is 0. The van der Waals surface area contributed by atoms with E-state index >= 15 is 0 Å². The second-order valence-corrected chi connectivity index (χ2v) is 10.2. The third kappa shape index (κ3) is 5.87. The van der Waals surface area contributed by atoms with Crippen LogP contribution in [0.4, 0.5) is 0 Å². The fourth-order valence-electron chi connectivity index (χ4n) is 5.03. The van der Waals surface area contributed by atoms with Crippen molar-refractivity contribution in [1.82, 2.24) is 0 Å². The van der Waals surface area contributed by atoms with E-state index in [4.69, 9.17) is 0 Å².